The second-order valence-electron chi connectivity index (χ2n) is 11.2. The smallest absolute Gasteiger partial charge is 0.410 e. The molecule has 3 aromatic heterocycles. The highest BCUT2D eigenvalue weighted by Crippen LogP contribution is 2.39. The summed E-state index contributed by atoms with van der Waals surface area (Å²) in [5.74, 6) is 3.06. The van der Waals surface area contributed by atoms with Crippen molar-refractivity contribution < 1.29 is 9.53 Å². The third-order valence-electron chi connectivity index (χ3n) is 7.10. The summed E-state index contributed by atoms with van der Waals surface area (Å²) in [4.78, 5) is 35.2. The third-order valence-corrected chi connectivity index (χ3v) is 7.10. The molecule has 0 unspecified atom stereocenters. The molecule has 2 aliphatic carbocycles. The van der Waals surface area contributed by atoms with Crippen molar-refractivity contribution >= 4 is 23.5 Å². The Balaban J connectivity index is 1.11. The van der Waals surface area contributed by atoms with Crippen molar-refractivity contribution in [3.05, 3.63) is 41.6 Å². The van der Waals surface area contributed by atoms with Gasteiger partial charge < -0.3 is 24.4 Å². The summed E-state index contributed by atoms with van der Waals surface area (Å²) >= 11 is 0. The number of hydrogen-bond donors (Lipinski definition) is 1. The average Bonchev–Trinajstić information content (AvgIpc) is 3.54. The fraction of sp³-hybridized carbons (Fsp3) is 0.519. The van der Waals surface area contributed by atoms with Gasteiger partial charge in [-0.1, -0.05) is 0 Å². The number of ether oxygens (including phenoxy) is 1. The van der Waals surface area contributed by atoms with Gasteiger partial charge in [0.25, 0.3) is 0 Å². The van der Waals surface area contributed by atoms with Gasteiger partial charge in [0.05, 0.1) is 29.0 Å². The largest absolute Gasteiger partial charge is 0.444 e. The lowest BCUT2D eigenvalue weighted by Crippen LogP contribution is -2.50. The highest BCUT2D eigenvalue weighted by molar-refractivity contribution is 5.71. The minimum absolute atomic E-state index is 0.253. The van der Waals surface area contributed by atoms with E-state index in [1.165, 1.54) is 12.8 Å². The van der Waals surface area contributed by atoms with E-state index in [-0.39, 0.29) is 6.09 Å². The molecule has 10 nitrogen and oxygen atoms in total. The molecule has 0 spiro atoms. The van der Waals surface area contributed by atoms with Crippen molar-refractivity contribution in [2.75, 3.05) is 36.4 Å². The van der Waals surface area contributed by atoms with Crippen LogP contribution in [0.4, 0.5) is 22.2 Å². The molecule has 37 heavy (non-hydrogen) atoms. The fourth-order valence-corrected chi connectivity index (χ4v) is 5.01. The Kier molecular flexibility index (Phi) is 5.77. The molecule has 10 heteroatoms. The van der Waals surface area contributed by atoms with Crippen LogP contribution >= 0.6 is 0 Å². The summed E-state index contributed by atoms with van der Waals surface area (Å²) in [6.07, 6.45) is 6.90. The number of aromatic nitrogens is 5. The Morgan fingerprint density at radius 3 is 2.54 bits per heavy atom. The lowest BCUT2D eigenvalue weighted by atomic mass is 10.2. The first-order valence-corrected chi connectivity index (χ1v) is 13.1. The van der Waals surface area contributed by atoms with Crippen LogP contribution in [0, 0.1) is 12.8 Å². The van der Waals surface area contributed by atoms with E-state index in [0.29, 0.717) is 24.9 Å². The standard InChI is InChI=1S/C27H34N8O2/c1-17-30-21-13-19-14-29-25(32-23(19)24(21)35(17)16-18-5-6-18)31-22-8-7-20(15-28-22)33-9-11-34(12-10-33)26(36)37-27(2,3)4/h7-8,14-15,18H,5-6,9-13,16H2,1-4H3,(H,28,29,31,32). The number of hydrogen-bond acceptors (Lipinski definition) is 8. The summed E-state index contributed by atoms with van der Waals surface area (Å²) in [6.45, 7) is 11.5. The molecule has 4 heterocycles. The van der Waals surface area contributed by atoms with Crippen molar-refractivity contribution in [1.29, 1.82) is 0 Å². The van der Waals surface area contributed by atoms with E-state index in [4.69, 9.17) is 14.7 Å². The minimum atomic E-state index is -0.484. The molecule has 0 radical (unpaired) electrons. The first-order valence-electron chi connectivity index (χ1n) is 13.1. The number of nitrogens with zero attached hydrogens (tertiary/aromatic N) is 7. The molecule has 2 fully saturated rings. The quantitative estimate of drug-likeness (QED) is 0.434. The fourth-order valence-electron chi connectivity index (χ4n) is 5.01. The monoisotopic (exact) mass is 502 g/mol. The summed E-state index contributed by atoms with van der Waals surface area (Å²) in [5.41, 5.74) is 4.90. The number of piperazine rings is 1. The molecule has 6 rings (SSSR count). The van der Waals surface area contributed by atoms with Crippen molar-refractivity contribution in [1.82, 2.24) is 29.4 Å². The number of imidazole rings is 1. The molecule has 0 bridgehead atoms. The maximum absolute atomic E-state index is 12.3. The van der Waals surface area contributed by atoms with E-state index < -0.39 is 5.60 Å². The van der Waals surface area contributed by atoms with E-state index in [1.54, 1.807) is 4.90 Å². The van der Waals surface area contributed by atoms with Gasteiger partial charge in [-0.2, -0.15) is 0 Å². The van der Waals surface area contributed by atoms with Gasteiger partial charge in [0.2, 0.25) is 5.95 Å². The van der Waals surface area contributed by atoms with Crippen LogP contribution in [0.1, 0.15) is 50.7 Å². The summed E-state index contributed by atoms with van der Waals surface area (Å²) in [5, 5.41) is 3.27. The predicted octanol–water partition coefficient (Wildman–Crippen LogP) is 4.16. The number of anilines is 3. The van der Waals surface area contributed by atoms with Crippen LogP contribution in [0.2, 0.25) is 0 Å². The maximum atomic E-state index is 12.3. The number of aryl methyl sites for hydroxylation is 1. The predicted molar refractivity (Wildman–Crippen MR) is 141 cm³/mol. The first kappa shape index (κ1) is 23.7. The molecular formula is C27H34N8O2. The zero-order chi connectivity index (χ0) is 25.7. The first-order chi connectivity index (χ1) is 17.7. The van der Waals surface area contributed by atoms with Crippen molar-refractivity contribution in [3.63, 3.8) is 0 Å². The van der Waals surface area contributed by atoms with Crippen LogP contribution in [0.25, 0.3) is 11.4 Å². The van der Waals surface area contributed by atoms with Crippen LogP contribution in [0.5, 0.6) is 0 Å². The van der Waals surface area contributed by atoms with Gasteiger partial charge in [-0.05, 0) is 58.6 Å². The van der Waals surface area contributed by atoms with Crippen LogP contribution in [0.3, 0.4) is 0 Å². The lowest BCUT2D eigenvalue weighted by Gasteiger charge is -2.36. The molecular weight excluding hydrogens is 468 g/mol. The molecule has 1 saturated heterocycles. The Morgan fingerprint density at radius 2 is 1.86 bits per heavy atom. The number of fused-ring (bicyclic) bond motifs is 3. The van der Waals surface area contributed by atoms with E-state index in [9.17, 15) is 4.79 Å². The van der Waals surface area contributed by atoms with Crippen LogP contribution < -0.4 is 10.2 Å². The van der Waals surface area contributed by atoms with E-state index >= 15 is 0 Å². The number of rotatable bonds is 5. The zero-order valence-corrected chi connectivity index (χ0v) is 22.0. The molecule has 1 aliphatic heterocycles. The zero-order valence-electron chi connectivity index (χ0n) is 22.0. The number of nitrogens with one attached hydrogen (secondary N) is 1. The van der Waals surface area contributed by atoms with Gasteiger partial charge in [-0.15, -0.1) is 0 Å². The van der Waals surface area contributed by atoms with Crippen LogP contribution in [0.15, 0.2) is 24.5 Å². The number of pyridine rings is 1. The van der Waals surface area contributed by atoms with Crippen molar-refractivity contribution in [2.24, 2.45) is 5.92 Å². The average molecular weight is 503 g/mol. The Bertz CT molecular complexity index is 1320. The van der Waals surface area contributed by atoms with Gasteiger partial charge in [-0.3, -0.25) is 0 Å². The Labute approximate surface area is 217 Å². The number of carbonyl (C=O) groups is 1. The van der Waals surface area contributed by atoms with E-state index in [0.717, 1.165) is 66.1 Å². The molecule has 1 N–H and O–H groups in total. The Hall–Kier alpha value is -3.69. The second kappa shape index (κ2) is 9.00. The molecule has 3 aromatic rings. The number of carbonyl (C=O) groups excluding carboxylic acids is 1. The maximum Gasteiger partial charge on any atom is 0.410 e. The Morgan fingerprint density at radius 1 is 1.08 bits per heavy atom. The highest BCUT2D eigenvalue weighted by atomic mass is 16.6. The molecule has 3 aliphatic rings. The third kappa shape index (κ3) is 4.97. The van der Waals surface area contributed by atoms with E-state index in [1.807, 2.05) is 45.3 Å². The van der Waals surface area contributed by atoms with Gasteiger partial charge in [-0.25, -0.2) is 24.7 Å². The molecule has 0 aromatic carbocycles. The molecule has 1 saturated carbocycles. The van der Waals surface area contributed by atoms with Gasteiger partial charge in [0.15, 0.2) is 0 Å². The van der Waals surface area contributed by atoms with Gasteiger partial charge >= 0.3 is 6.09 Å². The molecule has 0 atom stereocenters. The van der Waals surface area contributed by atoms with Crippen molar-refractivity contribution in [2.45, 2.75) is 59.1 Å². The van der Waals surface area contributed by atoms with Crippen LogP contribution in [-0.2, 0) is 17.7 Å². The summed E-state index contributed by atoms with van der Waals surface area (Å²) in [6, 6.07) is 3.98. The minimum Gasteiger partial charge on any atom is -0.444 e. The van der Waals surface area contributed by atoms with Gasteiger partial charge in [0, 0.05) is 50.9 Å². The highest BCUT2D eigenvalue weighted by Gasteiger charge is 2.31. The van der Waals surface area contributed by atoms with E-state index in [2.05, 4.69) is 31.7 Å². The lowest BCUT2D eigenvalue weighted by molar-refractivity contribution is 0.0240. The van der Waals surface area contributed by atoms with Crippen LogP contribution in [-0.4, -0.2) is 67.3 Å². The van der Waals surface area contributed by atoms with Crippen molar-refractivity contribution in [3.8, 4) is 11.4 Å². The number of amides is 1. The second-order valence-corrected chi connectivity index (χ2v) is 11.2. The normalized spacial score (nSPS) is 17.0. The molecule has 1 amide bonds. The SMILES string of the molecule is Cc1nc2c(n1CC1CC1)-c1nc(Nc3ccc(N4CCN(C(=O)OC(C)(C)C)CC4)cn3)ncc1C2. The molecule has 194 valence electrons. The summed E-state index contributed by atoms with van der Waals surface area (Å²) in [7, 11) is 0. The topological polar surface area (TPSA) is 101 Å². The summed E-state index contributed by atoms with van der Waals surface area (Å²) < 4.78 is 7.83. The van der Waals surface area contributed by atoms with Gasteiger partial charge in [0.1, 0.15) is 17.2 Å².